The van der Waals surface area contributed by atoms with E-state index in [1.54, 1.807) is 0 Å². The van der Waals surface area contributed by atoms with E-state index in [-0.39, 0.29) is 17.7 Å². The molecule has 1 aromatic rings. The zero-order chi connectivity index (χ0) is 25.2. The maximum absolute atomic E-state index is 13.7. The summed E-state index contributed by atoms with van der Waals surface area (Å²) in [6, 6.07) is 9.53. The molecule has 1 aromatic carbocycles. The number of aliphatic hydroxyl groups is 1. The normalized spacial score (nSPS) is 36.1. The van der Waals surface area contributed by atoms with Gasteiger partial charge >= 0.3 is 5.97 Å². The van der Waals surface area contributed by atoms with E-state index in [2.05, 4.69) is 18.8 Å². The lowest BCUT2D eigenvalue weighted by atomic mass is 9.59. The highest BCUT2D eigenvalue weighted by Gasteiger charge is 2.67. The molecule has 35 heavy (non-hydrogen) atoms. The first kappa shape index (κ1) is 25.1. The number of nitrogens with one attached hydrogen (secondary N) is 1. The number of amides is 1. The van der Waals surface area contributed by atoms with Crippen molar-refractivity contribution < 1.29 is 24.2 Å². The summed E-state index contributed by atoms with van der Waals surface area (Å²) in [5.41, 5.74) is 0.0801. The Labute approximate surface area is 207 Å². The molecular weight excluding hydrogens is 442 g/mol. The first-order valence-electron chi connectivity index (χ1n) is 12.6. The first-order valence-corrected chi connectivity index (χ1v) is 12.6. The molecule has 0 unspecified atom stereocenters. The lowest BCUT2D eigenvalue weighted by Crippen LogP contribution is -2.61. The Hall–Kier alpha value is -2.99. The van der Waals surface area contributed by atoms with Gasteiger partial charge in [0.15, 0.2) is 5.78 Å². The van der Waals surface area contributed by atoms with E-state index in [0.29, 0.717) is 24.3 Å². The second-order valence-electron chi connectivity index (χ2n) is 10.3. The van der Waals surface area contributed by atoms with Gasteiger partial charge in [-0.1, -0.05) is 62.9 Å². The summed E-state index contributed by atoms with van der Waals surface area (Å²) < 4.78 is 6.01. The molecule has 0 radical (unpaired) electrons. The second-order valence-corrected chi connectivity index (χ2v) is 10.3. The van der Waals surface area contributed by atoms with Crippen LogP contribution in [0.2, 0.25) is 0 Å². The van der Waals surface area contributed by atoms with Crippen molar-refractivity contribution in [3.05, 3.63) is 72.4 Å². The topological polar surface area (TPSA) is 92.7 Å². The third-order valence-corrected chi connectivity index (χ3v) is 7.91. The summed E-state index contributed by atoms with van der Waals surface area (Å²) in [6.07, 6.45) is 8.39. The van der Waals surface area contributed by atoms with Crippen molar-refractivity contribution in [1.29, 1.82) is 0 Å². The largest absolute Gasteiger partial charge is 0.445 e. The Morgan fingerprint density at radius 3 is 2.63 bits per heavy atom. The molecular formula is C29H35NO5. The van der Waals surface area contributed by atoms with Gasteiger partial charge in [-0.05, 0) is 54.7 Å². The smallest absolute Gasteiger partial charge is 0.331 e. The molecule has 6 nitrogen and oxygen atoms in total. The summed E-state index contributed by atoms with van der Waals surface area (Å²) in [4.78, 5) is 38.9. The highest BCUT2D eigenvalue weighted by molar-refractivity contribution is 5.98. The lowest BCUT2D eigenvalue weighted by Gasteiger charge is -2.49. The molecule has 1 aliphatic carbocycles. The Morgan fingerprint density at radius 2 is 1.89 bits per heavy atom. The highest BCUT2D eigenvalue weighted by atomic mass is 16.6. The van der Waals surface area contributed by atoms with Crippen LogP contribution in [0.3, 0.4) is 0 Å². The van der Waals surface area contributed by atoms with Crippen molar-refractivity contribution >= 4 is 17.7 Å². The van der Waals surface area contributed by atoms with E-state index in [1.165, 1.54) is 6.08 Å². The molecule has 1 spiro atoms. The van der Waals surface area contributed by atoms with Crippen LogP contribution in [0, 0.1) is 23.7 Å². The summed E-state index contributed by atoms with van der Waals surface area (Å²) in [6.45, 7) is 8.21. The van der Waals surface area contributed by atoms with Crippen LogP contribution in [0.25, 0.3) is 0 Å². The van der Waals surface area contributed by atoms with Gasteiger partial charge in [-0.3, -0.25) is 9.59 Å². The molecule has 0 aromatic heterocycles. The molecule has 186 valence electrons. The zero-order valence-electron chi connectivity index (χ0n) is 20.5. The van der Waals surface area contributed by atoms with Crippen LogP contribution in [-0.2, 0) is 25.5 Å². The monoisotopic (exact) mass is 477 g/mol. The number of benzene rings is 1. The van der Waals surface area contributed by atoms with Crippen molar-refractivity contribution in [2.75, 3.05) is 0 Å². The fourth-order valence-corrected chi connectivity index (χ4v) is 6.00. The molecule has 2 aliphatic heterocycles. The summed E-state index contributed by atoms with van der Waals surface area (Å²) in [7, 11) is 0. The fraction of sp³-hybridized carbons (Fsp3) is 0.483. The van der Waals surface area contributed by atoms with Gasteiger partial charge in [-0.2, -0.15) is 0 Å². The number of ketones is 1. The van der Waals surface area contributed by atoms with E-state index < -0.39 is 35.4 Å². The Balaban J connectivity index is 1.79. The number of hydrogen-bond donors (Lipinski definition) is 2. The number of allylic oxidation sites excluding steroid dienone is 2. The first-order chi connectivity index (χ1) is 16.7. The quantitative estimate of drug-likeness (QED) is 0.501. The van der Waals surface area contributed by atoms with Crippen LogP contribution >= 0.6 is 0 Å². The number of hydrogen-bond acceptors (Lipinski definition) is 5. The summed E-state index contributed by atoms with van der Waals surface area (Å²) >= 11 is 0. The van der Waals surface area contributed by atoms with Gasteiger partial charge in [0, 0.05) is 24.5 Å². The predicted molar refractivity (Wildman–Crippen MR) is 133 cm³/mol. The number of rotatable bonds is 2. The minimum absolute atomic E-state index is 0.143. The number of aliphatic hydroxyl groups excluding tert-OH is 1. The minimum Gasteiger partial charge on any atom is -0.445 e. The number of esters is 1. The van der Waals surface area contributed by atoms with Crippen LogP contribution in [0.1, 0.15) is 45.1 Å². The third-order valence-electron chi connectivity index (χ3n) is 7.91. The van der Waals surface area contributed by atoms with E-state index in [4.69, 9.17) is 4.74 Å². The van der Waals surface area contributed by atoms with Crippen molar-refractivity contribution in [2.45, 2.75) is 63.7 Å². The highest BCUT2D eigenvalue weighted by Crippen LogP contribution is 2.52. The van der Waals surface area contributed by atoms with E-state index in [0.717, 1.165) is 30.9 Å². The van der Waals surface area contributed by atoms with E-state index in [9.17, 15) is 19.5 Å². The van der Waals surface area contributed by atoms with E-state index in [1.807, 2.05) is 49.4 Å². The SMILES string of the molecule is C=C1[C@@H](C)[C@H]2[C@H](Cc3ccccc3)NC(=O)[C@]23OC(=O)C=CC(=O)CCC[C@@H](C)CC=C[C@H]3[C@@H]1O. The standard InChI is InChI=1S/C29H35NO5/c1-18-9-7-13-22(31)15-16-25(32)35-29-23(14-8-10-18)27(33)20(3)19(2)26(29)24(30-28(29)34)17-21-11-5-4-6-12-21/h4-6,8,11-12,14-16,18-19,23-24,26-27,33H,3,7,9-10,13,17H2,1-2H3,(H,30,34)/t18-,19-,23+,24+,26+,27-,29-/m1/s1. The average molecular weight is 478 g/mol. The molecule has 1 saturated heterocycles. The number of carbonyl (C=O) groups is 3. The second kappa shape index (κ2) is 10.3. The van der Waals surface area contributed by atoms with Gasteiger partial charge in [0.25, 0.3) is 5.91 Å². The van der Waals surface area contributed by atoms with Crippen molar-refractivity contribution in [1.82, 2.24) is 5.32 Å². The maximum atomic E-state index is 13.7. The maximum Gasteiger partial charge on any atom is 0.331 e. The fourth-order valence-electron chi connectivity index (χ4n) is 6.00. The lowest BCUT2D eigenvalue weighted by molar-refractivity contribution is -0.182. The van der Waals surface area contributed by atoms with Crippen molar-refractivity contribution in [2.24, 2.45) is 23.7 Å². The molecule has 2 fully saturated rings. The average Bonchev–Trinajstić information content (AvgIpc) is 3.09. The van der Waals surface area contributed by atoms with Crippen LogP contribution in [0.4, 0.5) is 0 Å². The predicted octanol–water partition coefficient (Wildman–Crippen LogP) is 3.70. The molecule has 4 rings (SSSR count). The molecule has 1 saturated carbocycles. The van der Waals surface area contributed by atoms with Crippen LogP contribution in [-0.4, -0.2) is 40.5 Å². The number of ether oxygens (including phenoxy) is 1. The van der Waals surface area contributed by atoms with Gasteiger partial charge in [0.05, 0.1) is 12.0 Å². The van der Waals surface area contributed by atoms with Crippen molar-refractivity contribution in [3.63, 3.8) is 0 Å². The summed E-state index contributed by atoms with van der Waals surface area (Å²) in [5.74, 6) is -2.46. The Bertz CT molecular complexity index is 1040. The Kier molecular flexibility index (Phi) is 7.41. The number of carbonyl (C=O) groups excluding carboxylic acids is 3. The van der Waals surface area contributed by atoms with Crippen molar-refractivity contribution in [3.8, 4) is 0 Å². The molecule has 6 heteroatoms. The molecule has 2 N–H and O–H groups in total. The molecule has 2 heterocycles. The van der Waals surface area contributed by atoms with Crippen LogP contribution < -0.4 is 5.32 Å². The minimum atomic E-state index is -1.60. The van der Waals surface area contributed by atoms with Gasteiger partial charge < -0.3 is 15.2 Å². The van der Waals surface area contributed by atoms with Gasteiger partial charge in [-0.25, -0.2) is 4.79 Å². The Morgan fingerprint density at radius 1 is 1.14 bits per heavy atom. The van der Waals surface area contributed by atoms with Gasteiger partial charge in [0.1, 0.15) is 0 Å². The zero-order valence-corrected chi connectivity index (χ0v) is 20.5. The van der Waals surface area contributed by atoms with E-state index >= 15 is 0 Å². The molecule has 0 bridgehead atoms. The van der Waals surface area contributed by atoms with Gasteiger partial charge in [-0.15, -0.1) is 0 Å². The molecule has 7 atom stereocenters. The molecule has 3 aliphatic rings. The molecule has 1 amide bonds. The third kappa shape index (κ3) is 4.90. The van der Waals surface area contributed by atoms with Crippen LogP contribution in [0.15, 0.2) is 66.8 Å². The summed E-state index contributed by atoms with van der Waals surface area (Å²) in [5, 5.41) is 14.4. The van der Waals surface area contributed by atoms with Crippen LogP contribution in [0.5, 0.6) is 0 Å². The van der Waals surface area contributed by atoms with Gasteiger partial charge in [0.2, 0.25) is 5.60 Å².